The van der Waals surface area contributed by atoms with Gasteiger partial charge in [-0.05, 0) is 42.5 Å². The molecular weight excluding hydrogens is 580 g/mol. The lowest BCUT2D eigenvalue weighted by atomic mass is 10.1. The molecule has 0 bridgehead atoms. The molecule has 1 amide bonds. The molecule has 0 spiro atoms. The molecule has 0 saturated heterocycles. The first-order chi connectivity index (χ1) is 20.3. The van der Waals surface area contributed by atoms with Crippen LogP contribution in [0, 0.1) is 11.3 Å². The van der Waals surface area contributed by atoms with Crippen molar-refractivity contribution in [3.63, 3.8) is 0 Å². The maximum atomic E-state index is 13.8. The third-order valence-corrected chi connectivity index (χ3v) is 7.41. The van der Waals surface area contributed by atoms with Crippen molar-refractivity contribution in [2.45, 2.75) is 13.1 Å². The summed E-state index contributed by atoms with van der Waals surface area (Å²) >= 11 is 7.40. The number of nitrogens with one attached hydrogen (secondary N) is 1. The lowest BCUT2D eigenvalue weighted by molar-refractivity contribution is 0.0948. The highest BCUT2D eigenvalue weighted by atomic mass is 35.5. The number of ether oxygens (including phenoxy) is 1. The zero-order valence-corrected chi connectivity index (χ0v) is 23.5. The average Bonchev–Trinajstić information content (AvgIpc) is 3.59. The molecule has 4 heterocycles. The molecule has 12 nitrogen and oxygen atoms in total. The van der Waals surface area contributed by atoms with Crippen LogP contribution in [0.4, 0.5) is 5.82 Å². The van der Waals surface area contributed by atoms with Gasteiger partial charge in [-0.15, -0.1) is 11.3 Å². The first kappa shape index (κ1) is 28.2. The Morgan fingerprint density at radius 1 is 1.17 bits per heavy atom. The van der Waals surface area contributed by atoms with E-state index >= 15 is 0 Å². The van der Waals surface area contributed by atoms with E-state index in [-0.39, 0.29) is 52.7 Å². The number of pyridine rings is 1. The summed E-state index contributed by atoms with van der Waals surface area (Å²) < 4.78 is 8.30. The maximum absolute atomic E-state index is 13.8. The quantitative estimate of drug-likeness (QED) is 0.257. The van der Waals surface area contributed by atoms with Gasteiger partial charge in [0.05, 0.1) is 42.0 Å². The van der Waals surface area contributed by atoms with E-state index in [1.807, 2.05) is 0 Å². The number of anilines is 1. The summed E-state index contributed by atoms with van der Waals surface area (Å²) in [5.41, 5.74) is 5.60. The van der Waals surface area contributed by atoms with Crippen molar-refractivity contribution in [2.75, 3.05) is 12.4 Å². The number of halogens is 1. The van der Waals surface area contributed by atoms with Crippen molar-refractivity contribution < 1.29 is 14.3 Å². The van der Waals surface area contributed by atoms with E-state index in [2.05, 4.69) is 26.5 Å². The van der Waals surface area contributed by atoms with Gasteiger partial charge in [-0.1, -0.05) is 17.7 Å². The van der Waals surface area contributed by atoms with Crippen LogP contribution >= 0.6 is 22.9 Å². The third kappa shape index (κ3) is 5.62. The van der Waals surface area contributed by atoms with Crippen molar-refractivity contribution >= 4 is 40.6 Å². The molecule has 5 aromatic rings. The minimum atomic E-state index is -0.710. The smallest absolute Gasteiger partial charge is 0.280 e. The maximum Gasteiger partial charge on any atom is 0.280 e. The van der Waals surface area contributed by atoms with Crippen molar-refractivity contribution in [2.24, 2.45) is 5.73 Å². The first-order valence-electron chi connectivity index (χ1n) is 12.3. The number of thiophene rings is 1. The number of rotatable bonds is 9. The standard InChI is InChI=1S/C28H21ClN8O4S/c1-41-23-8-6-20(28(40)36(23)15-18-13-32-9-10-33-18)24-21(12-30)26(34-14-19-5-7-22(29)42-19)37(35-24)27(39)17-4-2-3-16(11-17)25(31)38/h2-11,13,34H,14-15H2,1H3,(H2,31,38). The number of carbonyl (C=O) groups excluding carboxylic acids is 2. The van der Waals surface area contributed by atoms with Crippen LogP contribution in [0.5, 0.6) is 5.88 Å². The molecule has 0 fully saturated rings. The van der Waals surface area contributed by atoms with Crippen LogP contribution in [0.25, 0.3) is 11.3 Å². The second kappa shape index (κ2) is 12.0. The molecule has 4 aromatic heterocycles. The van der Waals surface area contributed by atoms with E-state index in [1.165, 1.54) is 71.9 Å². The molecule has 210 valence electrons. The average molecular weight is 601 g/mol. The summed E-state index contributed by atoms with van der Waals surface area (Å²) in [6.07, 6.45) is 4.54. The van der Waals surface area contributed by atoms with Crippen LogP contribution in [-0.2, 0) is 13.1 Å². The van der Waals surface area contributed by atoms with Gasteiger partial charge >= 0.3 is 0 Å². The Hall–Kier alpha value is -5.32. The van der Waals surface area contributed by atoms with Gasteiger partial charge in [0.2, 0.25) is 5.91 Å². The zero-order chi connectivity index (χ0) is 29.8. The Kier molecular flexibility index (Phi) is 8.09. The monoisotopic (exact) mass is 600 g/mol. The topological polar surface area (TPSA) is 171 Å². The van der Waals surface area contributed by atoms with E-state index in [4.69, 9.17) is 22.1 Å². The number of nitrogens with two attached hydrogens (primary N) is 1. The summed E-state index contributed by atoms with van der Waals surface area (Å²) in [5, 5.41) is 17.8. The number of nitrogens with zero attached hydrogens (tertiary/aromatic N) is 6. The number of methoxy groups -OCH3 is 1. The molecule has 42 heavy (non-hydrogen) atoms. The Balaban J connectivity index is 1.66. The molecule has 3 N–H and O–H groups in total. The molecule has 1 aromatic carbocycles. The van der Waals surface area contributed by atoms with Crippen molar-refractivity contribution in [3.8, 4) is 23.2 Å². The van der Waals surface area contributed by atoms with Crippen LogP contribution in [0.1, 0.15) is 36.9 Å². The minimum Gasteiger partial charge on any atom is -0.482 e. The van der Waals surface area contributed by atoms with E-state index in [0.29, 0.717) is 10.0 Å². The summed E-state index contributed by atoms with van der Waals surface area (Å²) in [6, 6.07) is 14.5. The first-order valence-corrected chi connectivity index (χ1v) is 13.5. The normalized spacial score (nSPS) is 10.7. The van der Waals surface area contributed by atoms with Gasteiger partial charge in [-0.2, -0.15) is 15.0 Å². The summed E-state index contributed by atoms with van der Waals surface area (Å²) in [5.74, 6) is -1.05. The molecule has 0 unspecified atom stereocenters. The molecule has 0 radical (unpaired) electrons. The van der Waals surface area contributed by atoms with Crippen LogP contribution in [0.3, 0.4) is 0 Å². The third-order valence-electron chi connectivity index (χ3n) is 6.18. The fourth-order valence-electron chi connectivity index (χ4n) is 4.21. The fourth-order valence-corrected chi connectivity index (χ4v) is 5.24. The van der Waals surface area contributed by atoms with Crippen molar-refractivity contribution in [1.29, 1.82) is 5.26 Å². The summed E-state index contributed by atoms with van der Waals surface area (Å²) in [7, 11) is 1.43. The Bertz CT molecular complexity index is 1910. The fraction of sp³-hybridized carbons (Fsp3) is 0.107. The second-order valence-electron chi connectivity index (χ2n) is 8.78. The molecule has 5 rings (SSSR count). The molecule has 0 aliphatic heterocycles. The number of carbonyl (C=O) groups is 2. The largest absolute Gasteiger partial charge is 0.482 e. The highest BCUT2D eigenvalue weighted by Crippen LogP contribution is 2.30. The Labute approximate surface area is 247 Å². The van der Waals surface area contributed by atoms with Gasteiger partial charge in [0.25, 0.3) is 11.5 Å². The van der Waals surface area contributed by atoms with Crippen LogP contribution in [0.2, 0.25) is 4.34 Å². The number of hydrogen-bond acceptors (Lipinski definition) is 10. The highest BCUT2D eigenvalue weighted by Gasteiger charge is 2.27. The molecule has 0 atom stereocenters. The predicted octanol–water partition coefficient (Wildman–Crippen LogP) is 3.54. The van der Waals surface area contributed by atoms with Crippen LogP contribution < -0.4 is 21.3 Å². The minimum absolute atomic E-state index is 0.0239. The van der Waals surface area contributed by atoms with E-state index in [1.54, 1.807) is 18.2 Å². The Morgan fingerprint density at radius 2 is 1.98 bits per heavy atom. The van der Waals surface area contributed by atoms with Crippen LogP contribution in [-0.4, -0.2) is 43.2 Å². The molecule has 0 saturated carbocycles. The lowest BCUT2D eigenvalue weighted by Gasteiger charge is -2.12. The van der Waals surface area contributed by atoms with Gasteiger partial charge in [-0.25, -0.2) is 0 Å². The summed E-state index contributed by atoms with van der Waals surface area (Å²) in [4.78, 5) is 48.4. The number of amides is 1. The van der Waals surface area contributed by atoms with Crippen molar-refractivity contribution in [1.82, 2.24) is 24.3 Å². The highest BCUT2D eigenvalue weighted by molar-refractivity contribution is 7.16. The number of benzene rings is 1. The summed E-state index contributed by atoms with van der Waals surface area (Å²) in [6.45, 7) is 0.251. The van der Waals surface area contributed by atoms with Gasteiger partial charge in [0.15, 0.2) is 11.7 Å². The van der Waals surface area contributed by atoms with Gasteiger partial charge < -0.3 is 15.8 Å². The van der Waals surface area contributed by atoms with E-state index in [9.17, 15) is 19.6 Å². The zero-order valence-electron chi connectivity index (χ0n) is 21.9. The van der Waals surface area contributed by atoms with Gasteiger partial charge in [0.1, 0.15) is 17.3 Å². The molecule has 0 aliphatic rings. The SMILES string of the molecule is COc1ccc(-c2nn(C(=O)c3cccc(C(N)=O)c3)c(NCc3ccc(Cl)s3)c2C#N)c(=O)n1Cc1cnccn1. The predicted molar refractivity (Wildman–Crippen MR) is 156 cm³/mol. The Morgan fingerprint density at radius 3 is 2.64 bits per heavy atom. The number of primary amides is 1. The number of nitriles is 1. The van der Waals surface area contributed by atoms with Crippen molar-refractivity contribution in [3.05, 3.63) is 109 Å². The van der Waals surface area contributed by atoms with E-state index in [0.717, 1.165) is 9.56 Å². The van der Waals surface area contributed by atoms with Gasteiger partial charge in [-0.3, -0.25) is 28.9 Å². The van der Waals surface area contributed by atoms with Gasteiger partial charge in [0, 0.05) is 28.4 Å². The molecule has 14 heteroatoms. The lowest BCUT2D eigenvalue weighted by Crippen LogP contribution is -2.24. The molecular formula is C28H21ClN8O4S. The second-order valence-corrected chi connectivity index (χ2v) is 10.6. The number of hydrogen-bond donors (Lipinski definition) is 2. The number of aromatic nitrogens is 5. The van der Waals surface area contributed by atoms with E-state index < -0.39 is 17.4 Å². The molecule has 0 aliphatic carbocycles. The van der Waals surface area contributed by atoms with Crippen LogP contribution in [0.15, 0.2) is 71.9 Å².